The number of alkyl halides is 1. The molecule has 3 nitrogen and oxygen atoms in total. The van der Waals surface area contributed by atoms with Gasteiger partial charge in [0.25, 0.3) is 0 Å². The summed E-state index contributed by atoms with van der Waals surface area (Å²) in [5, 5.41) is 3.24. The molecule has 1 heterocycles. The van der Waals surface area contributed by atoms with Crippen LogP contribution in [0.1, 0.15) is 19.8 Å². The van der Waals surface area contributed by atoms with Crippen LogP contribution in [0.2, 0.25) is 0 Å². The zero-order valence-corrected chi connectivity index (χ0v) is 8.46. The van der Waals surface area contributed by atoms with E-state index in [4.69, 9.17) is 11.6 Å². The van der Waals surface area contributed by atoms with Gasteiger partial charge in [0.15, 0.2) is 0 Å². The number of rotatable bonds is 5. The van der Waals surface area contributed by atoms with Gasteiger partial charge >= 0.3 is 0 Å². The molecule has 0 saturated heterocycles. The summed E-state index contributed by atoms with van der Waals surface area (Å²) in [5.74, 6) is 0.643. The van der Waals surface area contributed by atoms with E-state index in [9.17, 15) is 0 Å². The largest absolute Gasteiger partial charge is 0.353 e. The van der Waals surface area contributed by atoms with Gasteiger partial charge < -0.3 is 5.32 Å². The summed E-state index contributed by atoms with van der Waals surface area (Å²) in [6.07, 6.45) is 5.53. The molecule has 0 radical (unpaired) electrons. The van der Waals surface area contributed by atoms with Crippen molar-refractivity contribution in [3.63, 3.8) is 0 Å². The van der Waals surface area contributed by atoms with Crippen LogP contribution in [0.4, 0.5) is 5.95 Å². The second-order valence-electron chi connectivity index (χ2n) is 2.84. The van der Waals surface area contributed by atoms with Gasteiger partial charge in [-0.25, -0.2) is 9.97 Å². The fourth-order valence-electron chi connectivity index (χ4n) is 1.01. The van der Waals surface area contributed by atoms with E-state index < -0.39 is 0 Å². The molecule has 0 bridgehead atoms. The van der Waals surface area contributed by atoms with Crippen LogP contribution in [0.25, 0.3) is 0 Å². The van der Waals surface area contributed by atoms with Gasteiger partial charge in [0.1, 0.15) is 0 Å². The van der Waals surface area contributed by atoms with Gasteiger partial charge in [-0.1, -0.05) is 13.3 Å². The normalized spacial score (nSPS) is 12.5. The summed E-state index contributed by atoms with van der Waals surface area (Å²) < 4.78 is 0. The number of nitrogens with zero attached hydrogens (tertiary/aromatic N) is 2. The molecule has 0 aromatic carbocycles. The Kier molecular flexibility index (Phi) is 4.54. The minimum Gasteiger partial charge on any atom is -0.353 e. The van der Waals surface area contributed by atoms with Gasteiger partial charge in [-0.15, -0.1) is 11.6 Å². The maximum atomic E-state index is 6.01. The lowest BCUT2D eigenvalue weighted by atomic mass is 10.2. The Morgan fingerprint density at radius 1 is 1.46 bits per heavy atom. The van der Waals surface area contributed by atoms with Crippen LogP contribution >= 0.6 is 11.6 Å². The Morgan fingerprint density at radius 3 is 2.77 bits per heavy atom. The third kappa shape index (κ3) is 4.08. The molecule has 1 aromatic heterocycles. The van der Waals surface area contributed by atoms with Crippen LogP contribution in [-0.4, -0.2) is 21.9 Å². The molecule has 1 rings (SSSR count). The summed E-state index contributed by atoms with van der Waals surface area (Å²) in [5.41, 5.74) is 0. The van der Waals surface area contributed by atoms with Gasteiger partial charge in [0, 0.05) is 18.9 Å². The number of nitrogens with one attached hydrogen (secondary N) is 1. The lowest BCUT2D eigenvalue weighted by molar-refractivity contribution is 0.748. The lowest BCUT2D eigenvalue weighted by Crippen LogP contribution is -2.15. The Hall–Kier alpha value is -0.830. The SMILES string of the molecule is CCCC(Cl)CNc1ncccn1. The standard InChI is InChI=1S/C9H14ClN3/c1-2-4-8(10)7-13-9-11-5-3-6-12-9/h3,5-6,8H,2,4,7H2,1H3,(H,11,12,13). The van der Waals surface area contributed by atoms with Crippen molar-refractivity contribution in [1.29, 1.82) is 0 Å². The molecule has 1 N–H and O–H groups in total. The van der Waals surface area contributed by atoms with E-state index in [2.05, 4.69) is 22.2 Å². The smallest absolute Gasteiger partial charge is 0.222 e. The Morgan fingerprint density at radius 2 is 2.15 bits per heavy atom. The maximum absolute atomic E-state index is 6.01. The lowest BCUT2D eigenvalue weighted by Gasteiger charge is -2.08. The zero-order valence-electron chi connectivity index (χ0n) is 7.70. The summed E-state index contributed by atoms with van der Waals surface area (Å²) >= 11 is 6.01. The number of anilines is 1. The number of aromatic nitrogens is 2. The molecule has 0 aliphatic carbocycles. The summed E-state index contributed by atoms with van der Waals surface area (Å²) in [4.78, 5) is 8.06. The first-order valence-corrected chi connectivity index (χ1v) is 4.91. The van der Waals surface area contributed by atoms with Crippen molar-refractivity contribution in [2.75, 3.05) is 11.9 Å². The zero-order chi connectivity index (χ0) is 9.52. The van der Waals surface area contributed by atoms with Crippen molar-refractivity contribution < 1.29 is 0 Å². The molecule has 1 atom stereocenters. The Balaban J connectivity index is 2.27. The fourth-order valence-corrected chi connectivity index (χ4v) is 1.30. The summed E-state index contributed by atoms with van der Waals surface area (Å²) in [6.45, 7) is 2.84. The highest BCUT2D eigenvalue weighted by molar-refractivity contribution is 6.20. The topological polar surface area (TPSA) is 37.8 Å². The van der Waals surface area contributed by atoms with Crippen molar-refractivity contribution in [3.8, 4) is 0 Å². The van der Waals surface area contributed by atoms with E-state index in [1.807, 2.05) is 0 Å². The average Bonchev–Trinajstić information content (AvgIpc) is 2.17. The molecule has 0 amide bonds. The van der Waals surface area contributed by atoms with Gasteiger partial charge in [0.2, 0.25) is 5.95 Å². The fraction of sp³-hybridized carbons (Fsp3) is 0.556. The predicted molar refractivity (Wildman–Crippen MR) is 55.1 cm³/mol. The van der Waals surface area contributed by atoms with Crippen LogP contribution in [0.3, 0.4) is 0 Å². The first kappa shape index (κ1) is 10.3. The van der Waals surface area contributed by atoms with Crippen molar-refractivity contribution in [3.05, 3.63) is 18.5 Å². The molecule has 0 aliphatic heterocycles. The molecule has 1 aromatic rings. The van der Waals surface area contributed by atoms with Gasteiger partial charge in [0.05, 0.1) is 5.38 Å². The third-order valence-corrected chi connectivity index (χ3v) is 2.02. The van der Waals surface area contributed by atoms with Crippen molar-refractivity contribution >= 4 is 17.5 Å². The van der Waals surface area contributed by atoms with E-state index in [0.717, 1.165) is 19.4 Å². The highest BCUT2D eigenvalue weighted by Crippen LogP contribution is 2.05. The predicted octanol–water partition coefficient (Wildman–Crippen LogP) is 2.30. The highest BCUT2D eigenvalue weighted by atomic mass is 35.5. The van der Waals surface area contributed by atoms with E-state index in [1.54, 1.807) is 18.5 Å². The molecule has 0 saturated carbocycles. The molecule has 0 aliphatic rings. The van der Waals surface area contributed by atoms with Gasteiger partial charge in [-0.05, 0) is 12.5 Å². The maximum Gasteiger partial charge on any atom is 0.222 e. The van der Waals surface area contributed by atoms with E-state index in [-0.39, 0.29) is 5.38 Å². The molecule has 13 heavy (non-hydrogen) atoms. The monoisotopic (exact) mass is 199 g/mol. The molecule has 72 valence electrons. The summed E-state index contributed by atoms with van der Waals surface area (Å²) in [7, 11) is 0. The molecule has 0 spiro atoms. The summed E-state index contributed by atoms with van der Waals surface area (Å²) in [6, 6.07) is 1.79. The van der Waals surface area contributed by atoms with E-state index >= 15 is 0 Å². The third-order valence-electron chi connectivity index (χ3n) is 1.65. The minimum atomic E-state index is 0.161. The van der Waals surface area contributed by atoms with Crippen LogP contribution in [0.5, 0.6) is 0 Å². The molecule has 0 fully saturated rings. The quantitative estimate of drug-likeness (QED) is 0.740. The van der Waals surface area contributed by atoms with Crippen LogP contribution in [-0.2, 0) is 0 Å². The molecular formula is C9H14ClN3. The molecule has 4 heteroatoms. The number of halogens is 1. The molecular weight excluding hydrogens is 186 g/mol. The van der Waals surface area contributed by atoms with Gasteiger partial charge in [-0.2, -0.15) is 0 Å². The van der Waals surface area contributed by atoms with E-state index in [1.165, 1.54) is 0 Å². The Labute approximate surface area is 83.5 Å². The van der Waals surface area contributed by atoms with Crippen LogP contribution in [0, 0.1) is 0 Å². The molecule has 1 unspecified atom stereocenters. The second kappa shape index (κ2) is 5.75. The van der Waals surface area contributed by atoms with Crippen molar-refractivity contribution in [2.45, 2.75) is 25.1 Å². The van der Waals surface area contributed by atoms with Crippen molar-refractivity contribution in [2.24, 2.45) is 0 Å². The average molecular weight is 200 g/mol. The number of hydrogen-bond acceptors (Lipinski definition) is 3. The minimum absolute atomic E-state index is 0.161. The first-order valence-electron chi connectivity index (χ1n) is 4.48. The Bertz CT molecular complexity index is 228. The van der Waals surface area contributed by atoms with Crippen molar-refractivity contribution in [1.82, 2.24) is 9.97 Å². The van der Waals surface area contributed by atoms with Crippen LogP contribution in [0.15, 0.2) is 18.5 Å². The first-order chi connectivity index (χ1) is 6.33. The number of hydrogen-bond donors (Lipinski definition) is 1. The van der Waals surface area contributed by atoms with Crippen LogP contribution < -0.4 is 5.32 Å². The second-order valence-corrected chi connectivity index (χ2v) is 3.46. The highest BCUT2D eigenvalue weighted by Gasteiger charge is 2.02. The van der Waals surface area contributed by atoms with Gasteiger partial charge in [-0.3, -0.25) is 0 Å². The van der Waals surface area contributed by atoms with E-state index in [0.29, 0.717) is 5.95 Å².